The standard InChI is InChI=1S/C64H86Cl2N14O10S2/c65-47-35-45(41-67)55-39-59(79-23-3-15-69-19-27-79)61(57(55)37-47)89-51-5-9-53(10-6-51)91(83,84)75-49-13-25-77(43-49)29-33-87-31-21-73-63(81)71-17-1-2-18-72-64(82)74-22-32-88-34-30-78-26-14-50(44-78)76-92(85,86)54-11-7-52(8-12-54)90-62-58-38-48(66)36-46(42-68)56(58)40-60(62)80-24-4-16-70-20-28-80/h5-12,35-38,49-50,59-62,69-70,75-76H,1-4,13-34,39-40,43-44H2,(H2,71,73,81)(H2,72,74,82)/t49-,50-,59+,60+,61+,62+/m1/s1. The van der Waals surface area contributed by atoms with Gasteiger partial charge < -0.3 is 50.8 Å². The van der Waals surface area contributed by atoms with E-state index in [1.54, 1.807) is 60.7 Å². The predicted octanol–water partition coefficient (Wildman–Crippen LogP) is 4.23. The number of carbonyl (C=O) groups excluding carboxylic acids is 2. The van der Waals surface area contributed by atoms with E-state index in [1.807, 2.05) is 12.1 Å². The Morgan fingerprint density at radius 2 is 0.957 bits per heavy atom. The third-order valence-corrected chi connectivity index (χ3v) is 21.4. The first-order valence-electron chi connectivity index (χ1n) is 32.2. The van der Waals surface area contributed by atoms with Crippen molar-refractivity contribution < 1.29 is 45.4 Å². The topological polar surface area (TPSA) is 296 Å². The van der Waals surface area contributed by atoms with E-state index in [0.717, 1.165) is 87.5 Å². The second kappa shape index (κ2) is 33.5. The van der Waals surface area contributed by atoms with Gasteiger partial charge in [-0.05, 0) is 186 Å². The zero-order valence-electron chi connectivity index (χ0n) is 51.9. The summed E-state index contributed by atoms with van der Waals surface area (Å²) in [4.78, 5) is 34.1. The average molecular weight is 1350 g/mol. The van der Waals surface area contributed by atoms with E-state index in [4.69, 9.17) is 42.1 Å². The number of carbonyl (C=O) groups is 2. The molecule has 4 fully saturated rings. The van der Waals surface area contributed by atoms with Gasteiger partial charge >= 0.3 is 12.1 Å². The highest BCUT2D eigenvalue weighted by Gasteiger charge is 2.42. The lowest BCUT2D eigenvalue weighted by Gasteiger charge is -2.32. The van der Waals surface area contributed by atoms with Gasteiger partial charge in [0.25, 0.3) is 0 Å². The molecule has 28 heteroatoms. The van der Waals surface area contributed by atoms with Crippen molar-refractivity contribution in [2.75, 3.05) is 144 Å². The minimum atomic E-state index is -3.81. The smallest absolute Gasteiger partial charge is 0.314 e. The zero-order chi connectivity index (χ0) is 64.5. The number of amides is 4. The number of sulfonamides is 2. The number of rotatable bonds is 29. The number of likely N-dealkylation sites (tertiary alicyclic amines) is 2. The summed E-state index contributed by atoms with van der Waals surface area (Å²) >= 11 is 12.9. The van der Waals surface area contributed by atoms with E-state index in [1.165, 1.54) is 0 Å². The summed E-state index contributed by atoms with van der Waals surface area (Å²) in [5.74, 6) is 1.06. The lowest BCUT2D eigenvalue weighted by Crippen LogP contribution is -2.42. The van der Waals surface area contributed by atoms with Crippen LogP contribution in [0.4, 0.5) is 9.59 Å². The Morgan fingerprint density at radius 3 is 1.37 bits per heavy atom. The highest BCUT2D eigenvalue weighted by molar-refractivity contribution is 7.89. The summed E-state index contributed by atoms with van der Waals surface area (Å²) in [6, 6.07) is 23.6. The zero-order valence-corrected chi connectivity index (χ0v) is 55.1. The molecule has 4 heterocycles. The number of hydrogen-bond donors (Lipinski definition) is 8. The van der Waals surface area contributed by atoms with Crippen LogP contribution >= 0.6 is 23.2 Å². The van der Waals surface area contributed by atoms with Crippen LogP contribution in [0.1, 0.15) is 84.1 Å². The molecule has 2 aliphatic carbocycles. The van der Waals surface area contributed by atoms with Crippen molar-refractivity contribution in [2.24, 2.45) is 0 Å². The van der Waals surface area contributed by atoms with Crippen LogP contribution in [0.5, 0.6) is 11.5 Å². The van der Waals surface area contributed by atoms with Gasteiger partial charge in [0, 0.05) is 101 Å². The van der Waals surface area contributed by atoms with Crippen LogP contribution in [0, 0.1) is 22.7 Å². The van der Waals surface area contributed by atoms with Crippen LogP contribution in [-0.4, -0.2) is 217 Å². The second-order valence-electron chi connectivity index (χ2n) is 24.2. The molecule has 6 aliphatic rings. The summed E-state index contributed by atoms with van der Waals surface area (Å²) in [6.07, 6.45) is 5.21. The summed E-state index contributed by atoms with van der Waals surface area (Å²) in [6.45, 7) is 13.9. The fourth-order valence-electron chi connectivity index (χ4n) is 13.2. The van der Waals surface area contributed by atoms with E-state index in [0.29, 0.717) is 163 Å². The number of hydrogen-bond acceptors (Lipinski definition) is 18. The van der Waals surface area contributed by atoms with Gasteiger partial charge in [-0.1, -0.05) is 23.2 Å². The molecular formula is C64H86Cl2N14O10S2. The highest BCUT2D eigenvalue weighted by Crippen LogP contribution is 2.43. The van der Waals surface area contributed by atoms with Crippen LogP contribution in [0.15, 0.2) is 82.6 Å². The molecule has 0 aromatic heterocycles. The van der Waals surface area contributed by atoms with E-state index in [2.05, 4.69) is 73.1 Å². The number of fused-ring (bicyclic) bond motifs is 2. The Morgan fingerprint density at radius 1 is 0.543 bits per heavy atom. The maximum absolute atomic E-state index is 13.5. The number of benzene rings is 4. The molecule has 4 aliphatic heterocycles. The van der Waals surface area contributed by atoms with Gasteiger partial charge in [0.15, 0.2) is 0 Å². The molecule has 92 heavy (non-hydrogen) atoms. The molecule has 6 atom stereocenters. The van der Waals surface area contributed by atoms with E-state index >= 15 is 0 Å². The van der Waals surface area contributed by atoms with Crippen LogP contribution in [0.3, 0.4) is 0 Å². The summed E-state index contributed by atoms with van der Waals surface area (Å²) in [5, 5.41) is 38.9. The van der Waals surface area contributed by atoms with Gasteiger partial charge in [-0.15, -0.1) is 0 Å². The normalized spacial score (nSPS) is 22.3. The molecule has 498 valence electrons. The lowest BCUT2D eigenvalue weighted by atomic mass is 10.0. The molecule has 0 radical (unpaired) electrons. The van der Waals surface area contributed by atoms with Crippen LogP contribution in [0.2, 0.25) is 10.0 Å². The Hall–Kier alpha value is -5.92. The van der Waals surface area contributed by atoms with Gasteiger partial charge in [0.2, 0.25) is 20.0 Å². The van der Waals surface area contributed by atoms with Crippen LogP contribution < -0.4 is 50.8 Å². The van der Waals surface area contributed by atoms with Crippen molar-refractivity contribution in [3.63, 3.8) is 0 Å². The largest absolute Gasteiger partial charge is 0.484 e. The van der Waals surface area contributed by atoms with Gasteiger partial charge in [0.05, 0.1) is 71.6 Å². The van der Waals surface area contributed by atoms with Crippen molar-refractivity contribution in [3.8, 4) is 23.6 Å². The van der Waals surface area contributed by atoms with Crippen molar-refractivity contribution >= 4 is 55.3 Å². The molecule has 4 aromatic rings. The van der Waals surface area contributed by atoms with Crippen molar-refractivity contribution in [2.45, 2.75) is 97.5 Å². The molecule has 4 aromatic carbocycles. The minimum absolute atomic E-state index is 0.00109. The number of ether oxygens (including phenoxy) is 4. The number of nitriles is 2. The van der Waals surface area contributed by atoms with Gasteiger partial charge in [-0.3, -0.25) is 19.6 Å². The third-order valence-electron chi connectivity index (χ3n) is 17.9. The summed E-state index contributed by atoms with van der Waals surface area (Å²) in [5.41, 5.74) is 4.78. The molecule has 4 amide bonds. The van der Waals surface area contributed by atoms with Gasteiger partial charge in [0.1, 0.15) is 23.7 Å². The second-order valence-corrected chi connectivity index (χ2v) is 28.5. The number of nitrogens with zero attached hydrogens (tertiary/aromatic N) is 6. The Bertz CT molecular complexity index is 3220. The van der Waals surface area contributed by atoms with Crippen molar-refractivity contribution in [1.29, 1.82) is 10.5 Å². The number of unbranched alkanes of at least 4 members (excludes halogenated alkanes) is 1. The van der Waals surface area contributed by atoms with Crippen LogP contribution in [0.25, 0.3) is 0 Å². The molecule has 0 spiro atoms. The average Bonchev–Trinajstić information content (AvgIpc) is 1.62. The number of halogens is 2. The fourth-order valence-corrected chi connectivity index (χ4v) is 16.2. The molecular weight excluding hydrogens is 1260 g/mol. The molecule has 0 unspecified atom stereocenters. The van der Waals surface area contributed by atoms with Crippen LogP contribution in [-0.2, 0) is 42.4 Å². The Balaban J connectivity index is 0.525. The number of nitrogens with one attached hydrogen (secondary N) is 8. The monoisotopic (exact) mass is 1340 g/mol. The minimum Gasteiger partial charge on any atom is -0.484 e. The molecule has 10 rings (SSSR count). The SMILES string of the molecule is N#Cc1cc(Cl)cc2c1C[C@H](N1CCCNCC1)[C@H]2Oc1ccc(S(=O)(=O)N[C@@H]2CCN(CCOCCNC(=O)NCCCCNC(=O)NCCOCCN3CC[C@@H](NS(=O)(=O)c4ccc(O[C@H]5c6cc(Cl)cc(C#N)c6C[C@@H]5N5CCCNCC5)cc4)C3)C2)cc1. The van der Waals surface area contributed by atoms with E-state index in [9.17, 15) is 36.9 Å². The molecule has 24 nitrogen and oxygen atoms in total. The van der Waals surface area contributed by atoms with E-state index < -0.39 is 20.0 Å². The lowest BCUT2D eigenvalue weighted by molar-refractivity contribution is 0.0820. The highest BCUT2D eigenvalue weighted by atomic mass is 35.5. The molecule has 8 N–H and O–H groups in total. The van der Waals surface area contributed by atoms with Gasteiger partial charge in [-0.2, -0.15) is 10.5 Å². The number of urea groups is 2. The first kappa shape index (κ1) is 68.9. The summed E-state index contributed by atoms with van der Waals surface area (Å²) in [7, 11) is -7.62. The van der Waals surface area contributed by atoms with Gasteiger partial charge in [-0.25, -0.2) is 35.9 Å². The Kier molecular flexibility index (Phi) is 25.1. The first-order valence-corrected chi connectivity index (χ1v) is 35.9. The summed E-state index contributed by atoms with van der Waals surface area (Å²) < 4.78 is 84.5. The maximum Gasteiger partial charge on any atom is 0.314 e. The quantitative estimate of drug-likeness (QED) is 0.0353. The van der Waals surface area contributed by atoms with Crippen molar-refractivity contribution in [1.82, 2.24) is 60.9 Å². The molecule has 4 saturated heterocycles. The van der Waals surface area contributed by atoms with E-state index in [-0.39, 0.29) is 58.2 Å². The first-order chi connectivity index (χ1) is 44.6. The Labute approximate surface area is 550 Å². The van der Waals surface area contributed by atoms with Crippen molar-refractivity contribution in [3.05, 3.63) is 116 Å². The maximum atomic E-state index is 13.5. The third kappa shape index (κ3) is 18.9. The fraction of sp³-hybridized carbons (Fsp3) is 0.562. The molecule has 0 bridgehead atoms. The predicted molar refractivity (Wildman–Crippen MR) is 349 cm³/mol. The molecule has 0 saturated carbocycles.